The lowest BCUT2D eigenvalue weighted by atomic mass is 10.1. The minimum absolute atomic E-state index is 0.0879. The zero-order valence-corrected chi connectivity index (χ0v) is 20.0. The van der Waals surface area contributed by atoms with Gasteiger partial charge in [0.25, 0.3) is 0 Å². The predicted octanol–water partition coefficient (Wildman–Crippen LogP) is 4.76. The molecule has 0 fully saturated rings. The molecule has 2 heterocycles. The van der Waals surface area contributed by atoms with E-state index in [2.05, 4.69) is 67.7 Å². The molecule has 0 aliphatic carbocycles. The number of nitrogens with one attached hydrogen (secondary N) is 3. The number of carbonyl (C=O) groups excluding carboxylic acids is 1. The van der Waals surface area contributed by atoms with E-state index in [4.69, 9.17) is 0 Å². The molecule has 0 aliphatic heterocycles. The van der Waals surface area contributed by atoms with E-state index >= 15 is 0 Å². The van der Waals surface area contributed by atoms with Gasteiger partial charge in [-0.15, -0.1) is 0 Å². The average Bonchev–Trinajstić information content (AvgIpc) is 3.29. The summed E-state index contributed by atoms with van der Waals surface area (Å²) in [7, 11) is 4.03. The van der Waals surface area contributed by atoms with Crippen molar-refractivity contribution in [1.29, 1.82) is 0 Å². The van der Waals surface area contributed by atoms with E-state index in [0.717, 1.165) is 46.6 Å². The molecule has 0 unspecified atom stereocenters. The fourth-order valence-electron chi connectivity index (χ4n) is 3.89. The standard InChI is InChI=1S/C27H32N6O/c1-19(21-8-5-4-6-9-21)31-26-23-16-24(32-27(23)30-18-29-26)22-13-11-20(12-14-22)17-28-25(34)10-7-15-33(2)3/h4-6,8-9,11-14,16,18-19H,7,10,15,17H2,1-3H3,(H,28,34)(H2,29,30,31,32)/t19-/m1/s1. The van der Waals surface area contributed by atoms with Crippen LogP contribution in [-0.4, -0.2) is 46.4 Å². The van der Waals surface area contributed by atoms with Gasteiger partial charge in [0.1, 0.15) is 17.8 Å². The van der Waals surface area contributed by atoms with Gasteiger partial charge in [-0.3, -0.25) is 4.79 Å². The molecule has 0 spiro atoms. The highest BCUT2D eigenvalue weighted by Crippen LogP contribution is 2.29. The first-order valence-corrected chi connectivity index (χ1v) is 11.7. The third-order valence-electron chi connectivity index (χ3n) is 5.84. The number of anilines is 1. The maximum Gasteiger partial charge on any atom is 0.220 e. The second-order valence-corrected chi connectivity index (χ2v) is 8.82. The van der Waals surface area contributed by atoms with Gasteiger partial charge in [0, 0.05) is 24.7 Å². The molecule has 2 aromatic carbocycles. The molecule has 0 aliphatic rings. The number of nitrogens with zero attached hydrogens (tertiary/aromatic N) is 3. The summed E-state index contributed by atoms with van der Waals surface area (Å²) in [6, 6.07) is 20.7. The van der Waals surface area contributed by atoms with Crippen LogP contribution in [0.2, 0.25) is 0 Å². The Morgan fingerprint density at radius 2 is 1.82 bits per heavy atom. The monoisotopic (exact) mass is 456 g/mol. The topological polar surface area (TPSA) is 85.9 Å². The molecule has 1 atom stereocenters. The fourth-order valence-corrected chi connectivity index (χ4v) is 3.89. The number of fused-ring (bicyclic) bond motifs is 1. The normalized spacial score (nSPS) is 12.1. The SMILES string of the molecule is C[C@@H](Nc1ncnc2[nH]c(-c3ccc(CNC(=O)CCCN(C)C)cc3)cc12)c1ccccc1. The molecule has 2 aromatic heterocycles. The summed E-state index contributed by atoms with van der Waals surface area (Å²) in [5.41, 5.74) is 5.10. The molecule has 1 amide bonds. The summed E-state index contributed by atoms with van der Waals surface area (Å²) in [4.78, 5) is 26.4. The van der Waals surface area contributed by atoms with Crippen LogP contribution in [0.3, 0.4) is 0 Å². The molecule has 176 valence electrons. The zero-order chi connectivity index (χ0) is 23.9. The lowest BCUT2D eigenvalue weighted by molar-refractivity contribution is -0.121. The van der Waals surface area contributed by atoms with Gasteiger partial charge in [0.05, 0.1) is 5.39 Å². The van der Waals surface area contributed by atoms with Crippen LogP contribution in [0.1, 0.15) is 36.9 Å². The van der Waals surface area contributed by atoms with Gasteiger partial charge in [-0.05, 0) is 56.7 Å². The highest BCUT2D eigenvalue weighted by atomic mass is 16.1. The number of amides is 1. The molecule has 0 radical (unpaired) electrons. The Kier molecular flexibility index (Phi) is 7.54. The van der Waals surface area contributed by atoms with E-state index in [1.165, 1.54) is 5.56 Å². The third kappa shape index (κ3) is 5.99. The first-order valence-electron chi connectivity index (χ1n) is 11.7. The Morgan fingerprint density at radius 3 is 2.56 bits per heavy atom. The van der Waals surface area contributed by atoms with Crippen LogP contribution in [0.15, 0.2) is 67.0 Å². The first-order chi connectivity index (χ1) is 16.5. The van der Waals surface area contributed by atoms with Crippen LogP contribution in [0.5, 0.6) is 0 Å². The number of carbonyl (C=O) groups is 1. The van der Waals surface area contributed by atoms with E-state index in [1.807, 2.05) is 44.4 Å². The Balaban J connectivity index is 1.42. The smallest absolute Gasteiger partial charge is 0.220 e. The Hall–Kier alpha value is -3.71. The van der Waals surface area contributed by atoms with Crippen molar-refractivity contribution in [3.05, 3.63) is 78.1 Å². The molecule has 7 heteroatoms. The largest absolute Gasteiger partial charge is 0.363 e. The van der Waals surface area contributed by atoms with Crippen molar-refractivity contribution in [2.75, 3.05) is 26.0 Å². The van der Waals surface area contributed by atoms with Crippen molar-refractivity contribution in [3.63, 3.8) is 0 Å². The number of H-pyrrole nitrogens is 1. The summed E-state index contributed by atoms with van der Waals surface area (Å²) < 4.78 is 0. The second-order valence-electron chi connectivity index (χ2n) is 8.82. The van der Waals surface area contributed by atoms with Crippen LogP contribution < -0.4 is 10.6 Å². The zero-order valence-electron chi connectivity index (χ0n) is 20.0. The second kappa shape index (κ2) is 10.9. The van der Waals surface area contributed by atoms with E-state index in [1.54, 1.807) is 6.33 Å². The number of benzene rings is 2. The summed E-state index contributed by atoms with van der Waals surface area (Å²) in [6.07, 6.45) is 2.99. The Bertz CT molecular complexity index is 1220. The van der Waals surface area contributed by atoms with Crippen molar-refractivity contribution in [1.82, 2.24) is 25.2 Å². The van der Waals surface area contributed by atoms with Gasteiger partial charge >= 0.3 is 0 Å². The highest BCUT2D eigenvalue weighted by molar-refractivity contribution is 5.91. The Labute approximate surface area is 200 Å². The van der Waals surface area contributed by atoms with Crippen LogP contribution in [0, 0.1) is 0 Å². The molecule has 7 nitrogen and oxygen atoms in total. The lowest BCUT2D eigenvalue weighted by Crippen LogP contribution is -2.24. The molecular formula is C27H32N6O. The van der Waals surface area contributed by atoms with Crippen LogP contribution >= 0.6 is 0 Å². The van der Waals surface area contributed by atoms with Crippen molar-refractivity contribution < 1.29 is 4.79 Å². The van der Waals surface area contributed by atoms with Gasteiger partial charge in [-0.2, -0.15) is 0 Å². The van der Waals surface area contributed by atoms with Crippen molar-refractivity contribution >= 4 is 22.8 Å². The molecule has 3 N–H and O–H groups in total. The van der Waals surface area contributed by atoms with Gasteiger partial charge in [-0.1, -0.05) is 54.6 Å². The molecule has 4 aromatic rings. The lowest BCUT2D eigenvalue weighted by Gasteiger charge is -2.15. The highest BCUT2D eigenvalue weighted by Gasteiger charge is 2.12. The van der Waals surface area contributed by atoms with Crippen LogP contribution in [0.25, 0.3) is 22.3 Å². The Morgan fingerprint density at radius 1 is 1.06 bits per heavy atom. The summed E-state index contributed by atoms with van der Waals surface area (Å²) in [6.45, 7) is 3.57. The van der Waals surface area contributed by atoms with Gasteiger partial charge in [-0.25, -0.2) is 9.97 Å². The van der Waals surface area contributed by atoms with E-state index in [0.29, 0.717) is 13.0 Å². The van der Waals surface area contributed by atoms with E-state index in [-0.39, 0.29) is 11.9 Å². The molecular weight excluding hydrogens is 424 g/mol. The van der Waals surface area contributed by atoms with Crippen molar-refractivity contribution in [3.8, 4) is 11.3 Å². The van der Waals surface area contributed by atoms with Gasteiger partial charge in [0.2, 0.25) is 5.91 Å². The van der Waals surface area contributed by atoms with E-state index < -0.39 is 0 Å². The van der Waals surface area contributed by atoms with Crippen LogP contribution in [0.4, 0.5) is 5.82 Å². The number of rotatable bonds is 10. The summed E-state index contributed by atoms with van der Waals surface area (Å²) in [5, 5.41) is 7.46. The van der Waals surface area contributed by atoms with Crippen LogP contribution in [-0.2, 0) is 11.3 Å². The molecule has 34 heavy (non-hydrogen) atoms. The van der Waals surface area contributed by atoms with E-state index in [9.17, 15) is 4.79 Å². The molecule has 0 saturated heterocycles. The minimum atomic E-state index is 0.0879. The molecule has 0 saturated carbocycles. The number of hydrogen-bond donors (Lipinski definition) is 3. The number of aromatic amines is 1. The summed E-state index contributed by atoms with van der Waals surface area (Å²) in [5.74, 6) is 0.891. The minimum Gasteiger partial charge on any atom is -0.363 e. The molecule has 0 bridgehead atoms. The number of hydrogen-bond acceptors (Lipinski definition) is 5. The van der Waals surface area contributed by atoms with Crippen molar-refractivity contribution in [2.24, 2.45) is 0 Å². The van der Waals surface area contributed by atoms with Gasteiger partial charge < -0.3 is 20.5 Å². The number of aromatic nitrogens is 3. The predicted molar refractivity (Wildman–Crippen MR) is 137 cm³/mol. The fraction of sp³-hybridized carbons (Fsp3) is 0.296. The van der Waals surface area contributed by atoms with Crippen molar-refractivity contribution in [2.45, 2.75) is 32.4 Å². The summed E-state index contributed by atoms with van der Waals surface area (Å²) >= 11 is 0. The first kappa shape index (κ1) is 23.4. The average molecular weight is 457 g/mol. The maximum absolute atomic E-state index is 12.0. The third-order valence-corrected chi connectivity index (χ3v) is 5.84. The molecule has 4 rings (SSSR count). The quantitative estimate of drug-likeness (QED) is 0.320. The maximum atomic E-state index is 12.0. The van der Waals surface area contributed by atoms with Gasteiger partial charge in [0.15, 0.2) is 0 Å².